The minimum absolute atomic E-state index is 0.0267. The van der Waals surface area contributed by atoms with E-state index in [1.165, 1.54) is 0 Å². The van der Waals surface area contributed by atoms with Gasteiger partial charge in [0.25, 0.3) is 5.91 Å². The predicted octanol–water partition coefficient (Wildman–Crippen LogP) is 4.92. The highest BCUT2D eigenvalue weighted by Gasteiger charge is 2.24. The Morgan fingerprint density at radius 3 is 2.65 bits per heavy atom. The Labute approximate surface area is 145 Å². The smallest absolute Gasteiger partial charge is 0.259 e. The molecule has 2 aromatic carbocycles. The molecule has 3 rings (SSSR count). The van der Waals surface area contributed by atoms with E-state index in [4.69, 9.17) is 16.6 Å². The zero-order valence-electron chi connectivity index (χ0n) is 12.8. The Bertz CT molecular complexity index is 743. The van der Waals surface area contributed by atoms with E-state index in [-0.39, 0.29) is 5.91 Å². The van der Waals surface area contributed by atoms with Crippen molar-refractivity contribution in [2.45, 2.75) is 13.3 Å². The fourth-order valence-corrected chi connectivity index (χ4v) is 3.46. The minimum Gasteiger partial charge on any atom is -0.287 e. The van der Waals surface area contributed by atoms with Crippen LogP contribution in [0.3, 0.4) is 0 Å². The van der Waals surface area contributed by atoms with Gasteiger partial charge in [0.15, 0.2) is 5.17 Å². The number of halogens is 1. The number of amidine groups is 1. The van der Waals surface area contributed by atoms with Crippen LogP contribution >= 0.6 is 23.4 Å². The molecule has 0 N–H and O–H groups in total. The number of carbonyl (C=O) groups is 1. The Hall–Kier alpha value is -1.78. The molecule has 1 aliphatic heterocycles. The van der Waals surface area contributed by atoms with Gasteiger partial charge in [0.1, 0.15) is 0 Å². The first-order valence-electron chi connectivity index (χ1n) is 7.50. The molecule has 0 radical (unpaired) electrons. The number of aliphatic imine (C=N–C) groups is 1. The van der Waals surface area contributed by atoms with Crippen LogP contribution in [-0.4, -0.2) is 28.3 Å². The molecule has 23 heavy (non-hydrogen) atoms. The largest absolute Gasteiger partial charge is 0.287 e. The van der Waals surface area contributed by atoms with Gasteiger partial charge >= 0.3 is 0 Å². The summed E-state index contributed by atoms with van der Waals surface area (Å²) in [6.07, 6.45) is 0.969. The summed E-state index contributed by atoms with van der Waals surface area (Å²) >= 11 is 7.53. The lowest BCUT2D eigenvalue weighted by molar-refractivity contribution is 0.0849. The van der Waals surface area contributed by atoms with Crippen LogP contribution in [0.2, 0.25) is 5.02 Å². The quantitative estimate of drug-likeness (QED) is 0.775. The molecule has 3 nitrogen and oxygen atoms in total. The lowest BCUT2D eigenvalue weighted by Gasteiger charge is -2.28. The zero-order chi connectivity index (χ0) is 16.2. The van der Waals surface area contributed by atoms with E-state index < -0.39 is 0 Å². The lowest BCUT2D eigenvalue weighted by atomic mass is 10.2. The Morgan fingerprint density at radius 1 is 1.17 bits per heavy atom. The van der Waals surface area contributed by atoms with Crippen LogP contribution in [-0.2, 0) is 0 Å². The second-order valence-corrected chi connectivity index (χ2v) is 6.85. The molecule has 0 bridgehead atoms. The molecule has 2 aromatic rings. The predicted molar refractivity (Wildman–Crippen MR) is 97.8 cm³/mol. The molecule has 1 heterocycles. The summed E-state index contributed by atoms with van der Waals surface area (Å²) in [4.78, 5) is 19.3. The van der Waals surface area contributed by atoms with E-state index in [9.17, 15) is 4.79 Å². The summed E-state index contributed by atoms with van der Waals surface area (Å²) < 4.78 is 0. The van der Waals surface area contributed by atoms with Gasteiger partial charge in [0, 0.05) is 22.9 Å². The number of para-hydroxylation sites is 1. The number of nitrogens with zero attached hydrogens (tertiary/aromatic N) is 2. The topological polar surface area (TPSA) is 32.7 Å². The van der Waals surface area contributed by atoms with Crippen molar-refractivity contribution in [2.75, 3.05) is 12.3 Å². The van der Waals surface area contributed by atoms with E-state index in [0.29, 0.717) is 17.1 Å². The molecule has 1 fully saturated rings. The third-order valence-corrected chi connectivity index (χ3v) is 4.97. The van der Waals surface area contributed by atoms with Crippen LogP contribution in [0.1, 0.15) is 22.3 Å². The maximum absolute atomic E-state index is 12.8. The highest BCUT2D eigenvalue weighted by Crippen LogP contribution is 2.26. The van der Waals surface area contributed by atoms with E-state index in [1.54, 1.807) is 40.9 Å². The molecule has 0 aliphatic carbocycles. The van der Waals surface area contributed by atoms with Gasteiger partial charge in [0.05, 0.1) is 5.69 Å². The van der Waals surface area contributed by atoms with Crippen molar-refractivity contribution in [3.8, 4) is 0 Å². The van der Waals surface area contributed by atoms with Gasteiger partial charge in [-0.05, 0) is 49.2 Å². The van der Waals surface area contributed by atoms with Crippen molar-refractivity contribution in [1.29, 1.82) is 0 Å². The van der Waals surface area contributed by atoms with E-state index in [2.05, 4.69) is 0 Å². The average molecular weight is 345 g/mol. The molecular formula is C18H17ClN2OS. The van der Waals surface area contributed by atoms with Crippen molar-refractivity contribution in [2.24, 2.45) is 4.99 Å². The van der Waals surface area contributed by atoms with Gasteiger partial charge in [-0.3, -0.25) is 9.69 Å². The summed E-state index contributed by atoms with van der Waals surface area (Å²) in [6, 6.07) is 15.0. The maximum atomic E-state index is 12.8. The SMILES string of the molecule is Cc1ccccc1N=C1SCCCN1C(=O)c1ccc(Cl)cc1. The molecule has 5 heteroatoms. The standard InChI is InChI=1S/C18H17ClN2OS/c1-13-5-2-3-6-16(13)20-18-21(11-4-12-23-18)17(22)14-7-9-15(19)10-8-14/h2-3,5-10H,4,11-12H2,1H3. The number of thioether (sulfide) groups is 1. The maximum Gasteiger partial charge on any atom is 0.259 e. The normalized spacial score (nSPS) is 16.6. The lowest BCUT2D eigenvalue weighted by Crippen LogP contribution is -2.39. The first-order chi connectivity index (χ1) is 11.1. The van der Waals surface area contributed by atoms with Crippen molar-refractivity contribution >= 4 is 40.1 Å². The van der Waals surface area contributed by atoms with E-state index in [0.717, 1.165) is 28.6 Å². The van der Waals surface area contributed by atoms with Gasteiger partial charge in [-0.1, -0.05) is 41.6 Å². The third-order valence-electron chi connectivity index (χ3n) is 3.66. The number of amides is 1. The first-order valence-corrected chi connectivity index (χ1v) is 8.86. The third kappa shape index (κ3) is 3.77. The molecule has 1 amide bonds. The average Bonchev–Trinajstić information content (AvgIpc) is 2.57. The van der Waals surface area contributed by atoms with Crippen molar-refractivity contribution < 1.29 is 4.79 Å². The molecule has 1 aliphatic rings. The molecule has 0 atom stereocenters. The number of hydrogen-bond donors (Lipinski definition) is 0. The minimum atomic E-state index is -0.0267. The number of aryl methyl sites for hydroxylation is 1. The monoisotopic (exact) mass is 344 g/mol. The Kier molecular flexibility index (Phi) is 5.03. The summed E-state index contributed by atoms with van der Waals surface area (Å²) in [7, 11) is 0. The molecule has 1 saturated heterocycles. The van der Waals surface area contributed by atoms with Crippen molar-refractivity contribution in [1.82, 2.24) is 4.90 Å². The highest BCUT2D eigenvalue weighted by atomic mass is 35.5. The summed E-state index contributed by atoms with van der Waals surface area (Å²) in [5, 5.41) is 1.40. The van der Waals surface area contributed by atoms with Crippen LogP contribution in [0.4, 0.5) is 5.69 Å². The molecule has 0 unspecified atom stereocenters. The highest BCUT2D eigenvalue weighted by molar-refractivity contribution is 8.13. The molecule has 0 saturated carbocycles. The number of rotatable bonds is 2. The Balaban J connectivity index is 1.91. The number of hydrogen-bond acceptors (Lipinski definition) is 3. The van der Waals surface area contributed by atoms with Crippen LogP contribution in [0, 0.1) is 6.92 Å². The molecular weight excluding hydrogens is 328 g/mol. The molecule has 0 aromatic heterocycles. The molecule has 0 spiro atoms. The van der Waals surface area contributed by atoms with Gasteiger partial charge in [-0.25, -0.2) is 4.99 Å². The van der Waals surface area contributed by atoms with E-state index in [1.807, 2.05) is 31.2 Å². The van der Waals surface area contributed by atoms with Crippen LogP contribution in [0.5, 0.6) is 0 Å². The van der Waals surface area contributed by atoms with Crippen molar-refractivity contribution in [3.63, 3.8) is 0 Å². The fourth-order valence-electron chi connectivity index (χ4n) is 2.38. The van der Waals surface area contributed by atoms with Crippen molar-refractivity contribution in [3.05, 3.63) is 64.7 Å². The fraction of sp³-hybridized carbons (Fsp3) is 0.222. The first kappa shape index (κ1) is 16.1. The molecule has 118 valence electrons. The Morgan fingerprint density at radius 2 is 1.91 bits per heavy atom. The van der Waals surface area contributed by atoms with Crippen LogP contribution in [0.25, 0.3) is 0 Å². The van der Waals surface area contributed by atoms with Gasteiger partial charge < -0.3 is 0 Å². The van der Waals surface area contributed by atoms with Gasteiger partial charge in [-0.2, -0.15) is 0 Å². The summed E-state index contributed by atoms with van der Waals surface area (Å²) in [5.41, 5.74) is 2.64. The number of carbonyl (C=O) groups excluding carboxylic acids is 1. The van der Waals surface area contributed by atoms with Crippen LogP contribution < -0.4 is 0 Å². The second kappa shape index (κ2) is 7.20. The van der Waals surface area contributed by atoms with E-state index >= 15 is 0 Å². The summed E-state index contributed by atoms with van der Waals surface area (Å²) in [6.45, 7) is 2.72. The van der Waals surface area contributed by atoms with Gasteiger partial charge in [-0.15, -0.1) is 0 Å². The summed E-state index contributed by atoms with van der Waals surface area (Å²) in [5.74, 6) is 0.955. The number of benzene rings is 2. The zero-order valence-corrected chi connectivity index (χ0v) is 14.4. The van der Waals surface area contributed by atoms with Crippen LogP contribution in [0.15, 0.2) is 53.5 Å². The van der Waals surface area contributed by atoms with Gasteiger partial charge in [0.2, 0.25) is 0 Å². The second-order valence-electron chi connectivity index (χ2n) is 5.35.